The number of rotatable bonds is 5. The van der Waals surface area contributed by atoms with Crippen molar-refractivity contribution in [3.05, 3.63) is 46.5 Å². The van der Waals surface area contributed by atoms with E-state index in [1.165, 1.54) is 6.07 Å². The second-order valence-corrected chi connectivity index (χ2v) is 10.4. The van der Waals surface area contributed by atoms with Gasteiger partial charge >= 0.3 is 0 Å². The molecular formula is C27H35FN4O4. The number of hydrogen-bond donors (Lipinski definition) is 0. The Morgan fingerprint density at radius 2 is 1.83 bits per heavy atom. The van der Waals surface area contributed by atoms with E-state index in [0.29, 0.717) is 44.7 Å². The molecule has 9 heteroatoms. The molecule has 2 aromatic rings. The van der Waals surface area contributed by atoms with E-state index in [4.69, 9.17) is 9.47 Å². The standard InChI is InChI=1S/C27H35FN4O4/c1-17-7-8-24(22(28)13-17)36-20-9-11-30(12-10-20)25(33)16-32-23-6-4-5-21(23)26(29-32)27(34)31-14-18(2)35-19(3)15-31/h7-8,13,18-20H,4-6,9-12,14-16H2,1-3H3/t18-,19+. The Bertz CT molecular complexity index is 1130. The Morgan fingerprint density at radius 3 is 2.53 bits per heavy atom. The van der Waals surface area contributed by atoms with Gasteiger partial charge in [-0.3, -0.25) is 14.3 Å². The third kappa shape index (κ3) is 5.12. The number of halogens is 1. The minimum atomic E-state index is -0.354. The molecule has 0 bridgehead atoms. The van der Waals surface area contributed by atoms with Crippen molar-refractivity contribution >= 4 is 11.8 Å². The van der Waals surface area contributed by atoms with Crippen LogP contribution in [0.25, 0.3) is 0 Å². The molecule has 2 fully saturated rings. The number of carbonyl (C=O) groups is 2. The second kappa shape index (κ2) is 10.2. The molecule has 0 N–H and O–H groups in total. The normalized spacial score (nSPS) is 22.6. The number of ether oxygens (including phenoxy) is 2. The minimum Gasteiger partial charge on any atom is -0.487 e. The van der Waals surface area contributed by atoms with E-state index in [9.17, 15) is 14.0 Å². The predicted molar refractivity (Wildman–Crippen MR) is 132 cm³/mol. The average Bonchev–Trinajstić information content (AvgIpc) is 3.44. The van der Waals surface area contributed by atoms with Crippen LogP contribution < -0.4 is 4.74 Å². The zero-order valence-corrected chi connectivity index (χ0v) is 21.3. The molecule has 2 atom stereocenters. The van der Waals surface area contributed by atoms with Crippen molar-refractivity contribution in [2.45, 2.75) is 77.7 Å². The second-order valence-electron chi connectivity index (χ2n) is 10.4. The van der Waals surface area contributed by atoms with Gasteiger partial charge in [-0.05, 0) is 57.7 Å². The molecule has 1 aromatic carbocycles. The molecule has 36 heavy (non-hydrogen) atoms. The molecule has 0 spiro atoms. The molecule has 0 radical (unpaired) electrons. The maximum Gasteiger partial charge on any atom is 0.274 e. The van der Waals surface area contributed by atoms with Crippen molar-refractivity contribution < 1.29 is 23.5 Å². The van der Waals surface area contributed by atoms with E-state index in [2.05, 4.69) is 5.10 Å². The van der Waals surface area contributed by atoms with E-state index in [0.717, 1.165) is 36.1 Å². The number of amides is 2. The van der Waals surface area contributed by atoms with Crippen molar-refractivity contribution in [2.75, 3.05) is 26.2 Å². The third-order valence-corrected chi connectivity index (χ3v) is 7.38. The van der Waals surface area contributed by atoms with Crippen molar-refractivity contribution in [3.8, 4) is 5.75 Å². The summed E-state index contributed by atoms with van der Waals surface area (Å²) >= 11 is 0. The van der Waals surface area contributed by atoms with E-state index in [1.807, 2.05) is 36.6 Å². The van der Waals surface area contributed by atoms with Crippen LogP contribution in [0.1, 0.15) is 60.4 Å². The van der Waals surface area contributed by atoms with Gasteiger partial charge in [0, 0.05) is 50.3 Å². The first-order valence-electron chi connectivity index (χ1n) is 13.0. The van der Waals surface area contributed by atoms with Gasteiger partial charge in [-0.1, -0.05) is 6.07 Å². The van der Waals surface area contributed by atoms with Crippen LogP contribution in [-0.2, 0) is 28.9 Å². The van der Waals surface area contributed by atoms with Gasteiger partial charge in [0.1, 0.15) is 12.6 Å². The summed E-state index contributed by atoms with van der Waals surface area (Å²) in [4.78, 5) is 30.1. The van der Waals surface area contributed by atoms with Crippen LogP contribution >= 0.6 is 0 Å². The van der Waals surface area contributed by atoms with Crippen LogP contribution in [0.2, 0.25) is 0 Å². The fourth-order valence-corrected chi connectivity index (χ4v) is 5.64. The number of piperidine rings is 1. The molecule has 194 valence electrons. The summed E-state index contributed by atoms with van der Waals surface area (Å²) < 4.78 is 27.5. The monoisotopic (exact) mass is 498 g/mol. The zero-order valence-electron chi connectivity index (χ0n) is 21.3. The topological polar surface area (TPSA) is 76.9 Å². The van der Waals surface area contributed by atoms with Crippen molar-refractivity contribution in [2.24, 2.45) is 0 Å². The van der Waals surface area contributed by atoms with Crippen molar-refractivity contribution in [1.29, 1.82) is 0 Å². The molecule has 3 heterocycles. The largest absolute Gasteiger partial charge is 0.487 e. The molecule has 8 nitrogen and oxygen atoms in total. The maximum atomic E-state index is 14.1. The molecule has 1 aliphatic carbocycles. The summed E-state index contributed by atoms with van der Waals surface area (Å²) in [6.07, 6.45) is 3.77. The zero-order chi connectivity index (χ0) is 25.4. The summed E-state index contributed by atoms with van der Waals surface area (Å²) in [5.41, 5.74) is 3.34. The quantitative estimate of drug-likeness (QED) is 0.633. The summed E-state index contributed by atoms with van der Waals surface area (Å²) in [6.45, 7) is 8.12. The number of carbonyl (C=O) groups excluding carboxylic acids is 2. The van der Waals surface area contributed by atoms with Crippen LogP contribution in [0.4, 0.5) is 4.39 Å². The maximum absolute atomic E-state index is 14.1. The lowest BCUT2D eigenvalue weighted by Crippen LogP contribution is -2.48. The van der Waals surface area contributed by atoms with Gasteiger partial charge in [0.2, 0.25) is 5.91 Å². The van der Waals surface area contributed by atoms with E-state index in [-0.39, 0.29) is 48.2 Å². The Hall–Kier alpha value is -2.94. The average molecular weight is 499 g/mol. The smallest absolute Gasteiger partial charge is 0.274 e. The highest BCUT2D eigenvalue weighted by Crippen LogP contribution is 2.28. The van der Waals surface area contributed by atoms with Crippen LogP contribution in [0, 0.1) is 12.7 Å². The first-order chi connectivity index (χ1) is 17.3. The summed E-state index contributed by atoms with van der Waals surface area (Å²) in [7, 11) is 0. The van der Waals surface area contributed by atoms with Gasteiger partial charge in [0.05, 0.1) is 12.2 Å². The number of benzene rings is 1. The number of morpholine rings is 1. The number of aryl methyl sites for hydroxylation is 1. The molecule has 0 unspecified atom stereocenters. The highest BCUT2D eigenvalue weighted by atomic mass is 19.1. The molecule has 1 aromatic heterocycles. The lowest BCUT2D eigenvalue weighted by atomic mass is 10.1. The van der Waals surface area contributed by atoms with Gasteiger partial charge in [-0.15, -0.1) is 0 Å². The molecule has 3 aliphatic rings. The van der Waals surface area contributed by atoms with Crippen LogP contribution in [-0.4, -0.2) is 75.9 Å². The summed E-state index contributed by atoms with van der Waals surface area (Å²) in [5.74, 6) is -0.173. The number of likely N-dealkylation sites (tertiary alicyclic amines) is 1. The Kier molecular flexibility index (Phi) is 7.01. The Labute approximate surface area is 211 Å². The number of aromatic nitrogens is 2. The summed E-state index contributed by atoms with van der Waals surface area (Å²) in [6, 6.07) is 4.96. The lowest BCUT2D eigenvalue weighted by molar-refractivity contribution is -0.133. The predicted octanol–water partition coefficient (Wildman–Crippen LogP) is 3.14. The van der Waals surface area contributed by atoms with Gasteiger partial charge in [-0.2, -0.15) is 5.10 Å². The van der Waals surface area contributed by atoms with Gasteiger partial charge < -0.3 is 19.3 Å². The third-order valence-electron chi connectivity index (χ3n) is 7.38. The molecule has 2 saturated heterocycles. The van der Waals surface area contributed by atoms with E-state index >= 15 is 0 Å². The van der Waals surface area contributed by atoms with Gasteiger partial charge in [0.25, 0.3) is 5.91 Å². The van der Waals surface area contributed by atoms with Gasteiger partial charge in [-0.25, -0.2) is 4.39 Å². The molecular weight excluding hydrogens is 463 g/mol. The first kappa shape index (κ1) is 24.7. The lowest BCUT2D eigenvalue weighted by Gasteiger charge is -2.35. The number of hydrogen-bond acceptors (Lipinski definition) is 5. The molecule has 5 rings (SSSR count). The molecule has 2 aliphatic heterocycles. The van der Waals surface area contributed by atoms with E-state index < -0.39 is 0 Å². The van der Waals surface area contributed by atoms with Crippen LogP contribution in [0.3, 0.4) is 0 Å². The van der Waals surface area contributed by atoms with Crippen LogP contribution in [0.5, 0.6) is 5.75 Å². The van der Waals surface area contributed by atoms with Gasteiger partial charge in [0.15, 0.2) is 17.3 Å². The fourth-order valence-electron chi connectivity index (χ4n) is 5.64. The minimum absolute atomic E-state index is 0.0104. The fraction of sp³-hybridized carbons (Fsp3) is 0.593. The Morgan fingerprint density at radius 1 is 1.11 bits per heavy atom. The highest BCUT2D eigenvalue weighted by molar-refractivity contribution is 5.94. The number of fused-ring (bicyclic) bond motifs is 1. The van der Waals surface area contributed by atoms with Crippen LogP contribution in [0.15, 0.2) is 18.2 Å². The number of nitrogens with zero attached hydrogens (tertiary/aromatic N) is 4. The molecule has 0 saturated carbocycles. The van der Waals surface area contributed by atoms with E-state index in [1.54, 1.807) is 10.7 Å². The SMILES string of the molecule is Cc1ccc(OC2CCN(C(=O)Cn3nc(C(=O)N4C[C@@H](C)O[C@@H](C)C4)c4c3CCC4)CC2)c(F)c1. The van der Waals surface area contributed by atoms with Crippen molar-refractivity contribution in [3.63, 3.8) is 0 Å². The highest BCUT2D eigenvalue weighted by Gasteiger charge is 2.33. The molecule has 2 amide bonds. The first-order valence-corrected chi connectivity index (χ1v) is 13.0. The Balaban J connectivity index is 1.21. The van der Waals surface area contributed by atoms with Crippen molar-refractivity contribution in [1.82, 2.24) is 19.6 Å². The summed E-state index contributed by atoms with van der Waals surface area (Å²) in [5, 5.41) is 4.65.